The number of piperidine rings is 1. The van der Waals surface area contributed by atoms with Gasteiger partial charge in [0.2, 0.25) is 0 Å². The van der Waals surface area contributed by atoms with Crippen LogP contribution in [0.25, 0.3) is 0 Å². The third-order valence-electron chi connectivity index (χ3n) is 4.11. The molecule has 1 atom stereocenters. The zero-order valence-corrected chi connectivity index (χ0v) is 15.3. The van der Waals surface area contributed by atoms with Gasteiger partial charge in [-0.05, 0) is 36.8 Å². The van der Waals surface area contributed by atoms with E-state index in [0.717, 1.165) is 38.2 Å². The molecule has 0 spiro atoms. The van der Waals surface area contributed by atoms with E-state index in [1.807, 2.05) is 5.38 Å². The predicted octanol–water partition coefficient (Wildman–Crippen LogP) is 3.72. The molecule has 0 saturated carbocycles. The van der Waals surface area contributed by atoms with Gasteiger partial charge in [0.25, 0.3) is 5.91 Å². The number of thiazole rings is 1. The number of hydrogen-bond donors (Lipinski definition) is 1. The summed E-state index contributed by atoms with van der Waals surface area (Å²) in [5.74, 6) is 0.341. The van der Waals surface area contributed by atoms with Crippen molar-refractivity contribution in [3.05, 3.63) is 38.5 Å². The summed E-state index contributed by atoms with van der Waals surface area (Å²) in [6, 6.07) is 4.50. The smallest absolute Gasteiger partial charge is 0.280 e. The van der Waals surface area contributed by atoms with Gasteiger partial charge in [-0.15, -0.1) is 22.7 Å². The highest BCUT2D eigenvalue weighted by Gasteiger charge is 2.23. The quantitative estimate of drug-likeness (QED) is 0.895. The number of amides is 1. The third-order valence-corrected chi connectivity index (χ3v) is 5.83. The molecule has 1 aliphatic heterocycles. The van der Waals surface area contributed by atoms with E-state index in [9.17, 15) is 4.79 Å². The highest BCUT2D eigenvalue weighted by atomic mass is 32.1. The number of nitrogens with one attached hydrogen (secondary N) is 1. The predicted molar refractivity (Wildman–Crippen MR) is 96.3 cm³/mol. The van der Waals surface area contributed by atoms with Crippen molar-refractivity contribution >= 4 is 28.6 Å². The second kappa shape index (κ2) is 7.55. The molecule has 1 saturated heterocycles. The van der Waals surface area contributed by atoms with Crippen LogP contribution in [-0.2, 0) is 6.54 Å². The van der Waals surface area contributed by atoms with Gasteiger partial charge in [-0.25, -0.2) is 4.98 Å². The van der Waals surface area contributed by atoms with Crippen LogP contribution in [0.3, 0.4) is 0 Å². The van der Waals surface area contributed by atoms with E-state index in [2.05, 4.69) is 46.6 Å². The van der Waals surface area contributed by atoms with Gasteiger partial charge in [-0.2, -0.15) is 0 Å². The molecule has 3 rings (SSSR count). The van der Waals surface area contributed by atoms with E-state index in [1.165, 1.54) is 16.2 Å². The van der Waals surface area contributed by atoms with Gasteiger partial charge in [0, 0.05) is 29.4 Å². The first kappa shape index (κ1) is 16.6. The molecular formula is C17H23N3OS2. The molecule has 2 aromatic rings. The second-order valence-electron chi connectivity index (χ2n) is 6.36. The largest absolute Gasteiger partial charge is 0.346 e. The highest BCUT2D eigenvalue weighted by molar-refractivity contribution is 7.11. The van der Waals surface area contributed by atoms with E-state index in [0.29, 0.717) is 10.9 Å². The van der Waals surface area contributed by atoms with Crippen molar-refractivity contribution in [2.75, 3.05) is 13.1 Å². The Balaban J connectivity index is 1.55. The van der Waals surface area contributed by atoms with Crippen LogP contribution in [0, 0.1) is 0 Å². The number of carbonyl (C=O) groups is 1. The minimum absolute atomic E-state index is 0.0233. The molecule has 0 aromatic carbocycles. The van der Waals surface area contributed by atoms with Crippen LogP contribution < -0.4 is 5.32 Å². The second-order valence-corrected chi connectivity index (χ2v) is 8.25. The molecule has 1 fully saturated rings. The molecule has 1 N–H and O–H groups in total. The van der Waals surface area contributed by atoms with Crippen LogP contribution in [0.2, 0.25) is 0 Å². The van der Waals surface area contributed by atoms with Gasteiger partial charge in [-0.3, -0.25) is 9.69 Å². The van der Waals surface area contributed by atoms with E-state index < -0.39 is 0 Å². The number of carbonyl (C=O) groups excluding carboxylic acids is 1. The Morgan fingerprint density at radius 1 is 1.48 bits per heavy atom. The van der Waals surface area contributed by atoms with Crippen LogP contribution >= 0.6 is 22.7 Å². The average molecular weight is 350 g/mol. The van der Waals surface area contributed by atoms with Crippen LogP contribution in [0.5, 0.6) is 0 Å². The highest BCUT2D eigenvalue weighted by Crippen LogP contribution is 2.19. The number of thiophene rings is 1. The lowest BCUT2D eigenvalue weighted by Gasteiger charge is -2.32. The van der Waals surface area contributed by atoms with Gasteiger partial charge >= 0.3 is 0 Å². The molecule has 1 amide bonds. The van der Waals surface area contributed by atoms with Crippen molar-refractivity contribution in [2.24, 2.45) is 0 Å². The topological polar surface area (TPSA) is 45.2 Å². The molecule has 0 aliphatic carbocycles. The Labute approximate surface area is 145 Å². The van der Waals surface area contributed by atoms with E-state index in [-0.39, 0.29) is 11.9 Å². The molecule has 0 radical (unpaired) electrons. The molecule has 3 heterocycles. The minimum Gasteiger partial charge on any atom is -0.346 e. The van der Waals surface area contributed by atoms with Crippen LogP contribution in [0.4, 0.5) is 0 Å². The first-order valence-electron chi connectivity index (χ1n) is 8.13. The van der Waals surface area contributed by atoms with Crippen molar-refractivity contribution in [2.45, 2.75) is 45.2 Å². The van der Waals surface area contributed by atoms with E-state index >= 15 is 0 Å². The molecule has 1 aliphatic rings. The van der Waals surface area contributed by atoms with Gasteiger partial charge in [0.1, 0.15) is 0 Å². The molecule has 23 heavy (non-hydrogen) atoms. The summed E-state index contributed by atoms with van der Waals surface area (Å²) < 4.78 is 0. The Morgan fingerprint density at radius 2 is 2.35 bits per heavy atom. The molecule has 0 unspecified atom stereocenters. The number of likely N-dealkylation sites (tertiary alicyclic amines) is 1. The molecule has 6 heteroatoms. The summed E-state index contributed by atoms with van der Waals surface area (Å²) in [4.78, 5) is 20.7. The van der Waals surface area contributed by atoms with Crippen LogP contribution in [-0.4, -0.2) is 34.9 Å². The number of hydrogen-bond acceptors (Lipinski definition) is 5. The lowest BCUT2D eigenvalue weighted by atomic mass is 10.1. The minimum atomic E-state index is -0.0233. The van der Waals surface area contributed by atoms with Crippen molar-refractivity contribution in [1.29, 1.82) is 0 Å². The summed E-state index contributed by atoms with van der Waals surface area (Å²) in [6.45, 7) is 7.21. The Bertz CT molecular complexity index is 636. The van der Waals surface area contributed by atoms with Crippen molar-refractivity contribution < 1.29 is 4.79 Å². The van der Waals surface area contributed by atoms with Gasteiger partial charge in [0.05, 0.1) is 5.69 Å². The maximum atomic E-state index is 12.4. The van der Waals surface area contributed by atoms with Crippen molar-refractivity contribution in [3.63, 3.8) is 0 Å². The van der Waals surface area contributed by atoms with Gasteiger partial charge < -0.3 is 5.32 Å². The Hall–Kier alpha value is -1.24. The van der Waals surface area contributed by atoms with Crippen LogP contribution in [0.1, 0.15) is 53.0 Å². The van der Waals surface area contributed by atoms with Gasteiger partial charge in [-0.1, -0.05) is 19.9 Å². The van der Waals surface area contributed by atoms with E-state index in [1.54, 1.807) is 11.3 Å². The normalized spacial score (nSPS) is 19.2. The number of rotatable bonds is 5. The SMILES string of the molecule is CC(C)c1csc(C(=O)N[C@H]2CCCN(Cc3cccs3)C2)n1. The standard InChI is InChI=1S/C17H23N3OS2/c1-12(2)15-11-23-17(19-15)16(21)18-13-5-3-7-20(9-13)10-14-6-4-8-22-14/h4,6,8,11-13H,3,5,7,9-10H2,1-2H3,(H,18,21)/t13-/m0/s1. The lowest BCUT2D eigenvalue weighted by molar-refractivity contribution is 0.0900. The van der Waals surface area contributed by atoms with E-state index in [4.69, 9.17) is 0 Å². The zero-order chi connectivity index (χ0) is 16.2. The zero-order valence-electron chi connectivity index (χ0n) is 13.6. The summed E-state index contributed by atoms with van der Waals surface area (Å²) >= 11 is 3.24. The maximum absolute atomic E-state index is 12.4. The molecule has 0 bridgehead atoms. The van der Waals surface area contributed by atoms with Crippen LogP contribution in [0.15, 0.2) is 22.9 Å². The first-order valence-corrected chi connectivity index (χ1v) is 9.89. The van der Waals surface area contributed by atoms with Crippen molar-refractivity contribution in [3.8, 4) is 0 Å². The summed E-state index contributed by atoms with van der Waals surface area (Å²) in [5, 5.41) is 7.86. The fourth-order valence-corrected chi connectivity index (χ4v) is 4.47. The third kappa shape index (κ3) is 4.40. The average Bonchev–Trinajstić information content (AvgIpc) is 3.18. The summed E-state index contributed by atoms with van der Waals surface area (Å²) in [7, 11) is 0. The molecule has 4 nitrogen and oxygen atoms in total. The van der Waals surface area contributed by atoms with Gasteiger partial charge in [0.15, 0.2) is 5.01 Å². The Morgan fingerprint density at radius 3 is 3.04 bits per heavy atom. The van der Waals surface area contributed by atoms with Crippen molar-refractivity contribution in [1.82, 2.24) is 15.2 Å². The monoisotopic (exact) mass is 349 g/mol. The summed E-state index contributed by atoms with van der Waals surface area (Å²) in [6.07, 6.45) is 2.18. The fraction of sp³-hybridized carbons (Fsp3) is 0.529. The lowest BCUT2D eigenvalue weighted by Crippen LogP contribution is -2.47. The maximum Gasteiger partial charge on any atom is 0.280 e. The molecular weight excluding hydrogens is 326 g/mol. The first-order chi connectivity index (χ1) is 11.1. The molecule has 2 aromatic heterocycles. The number of nitrogens with zero attached hydrogens (tertiary/aromatic N) is 2. The Kier molecular flexibility index (Phi) is 5.46. The number of aromatic nitrogens is 1. The fourth-order valence-electron chi connectivity index (χ4n) is 2.84. The molecule has 124 valence electrons. The summed E-state index contributed by atoms with van der Waals surface area (Å²) in [5.41, 5.74) is 1.00.